The van der Waals surface area contributed by atoms with Gasteiger partial charge in [-0.2, -0.15) is 0 Å². The number of rotatable bonds is 2. The Hall–Kier alpha value is -0.530. The van der Waals surface area contributed by atoms with Crippen LogP contribution in [0.5, 0.6) is 0 Å². The Kier molecular flexibility index (Phi) is 2.37. The maximum Gasteiger partial charge on any atom is 0.222 e. The molecular formula is C15H25NO. The van der Waals surface area contributed by atoms with Crippen molar-refractivity contribution in [2.45, 2.75) is 64.8 Å². The molecule has 0 aliphatic heterocycles. The van der Waals surface area contributed by atoms with Gasteiger partial charge in [-0.15, -0.1) is 0 Å². The van der Waals surface area contributed by atoms with Crippen LogP contribution >= 0.6 is 0 Å². The minimum atomic E-state index is 0.121. The zero-order valence-electron chi connectivity index (χ0n) is 11.4. The highest BCUT2D eigenvalue weighted by Crippen LogP contribution is 2.61. The molecule has 96 valence electrons. The third-order valence-electron chi connectivity index (χ3n) is 5.27. The molecule has 4 aliphatic rings. The number of carbonyl (C=O) groups is 1. The van der Waals surface area contributed by atoms with Crippen LogP contribution in [0.25, 0.3) is 0 Å². The summed E-state index contributed by atoms with van der Waals surface area (Å²) in [6.45, 7) is 6.44. The van der Waals surface area contributed by atoms with E-state index in [-0.39, 0.29) is 17.4 Å². The SMILES string of the molecule is CC(C)C(=O)NC12CC3CC(CC(C)(C3)C1)C2. The molecule has 4 bridgehead atoms. The van der Waals surface area contributed by atoms with Crippen molar-refractivity contribution >= 4 is 5.91 Å². The quantitative estimate of drug-likeness (QED) is 0.783. The van der Waals surface area contributed by atoms with Crippen molar-refractivity contribution in [3.8, 4) is 0 Å². The van der Waals surface area contributed by atoms with Gasteiger partial charge in [0.2, 0.25) is 5.91 Å². The normalized spacial score (nSPS) is 47.5. The molecule has 4 aliphatic carbocycles. The molecule has 0 aromatic carbocycles. The molecule has 0 saturated heterocycles. The Bertz CT molecular complexity index is 333. The van der Waals surface area contributed by atoms with E-state index in [4.69, 9.17) is 0 Å². The van der Waals surface area contributed by atoms with Crippen LogP contribution in [0.1, 0.15) is 59.3 Å². The number of hydrogen-bond donors (Lipinski definition) is 1. The maximum atomic E-state index is 12.0. The highest BCUT2D eigenvalue weighted by atomic mass is 16.2. The van der Waals surface area contributed by atoms with E-state index in [0.29, 0.717) is 5.41 Å². The molecule has 1 amide bonds. The van der Waals surface area contributed by atoms with Crippen molar-refractivity contribution < 1.29 is 4.79 Å². The zero-order chi connectivity index (χ0) is 12.3. The smallest absolute Gasteiger partial charge is 0.222 e. The first-order chi connectivity index (χ1) is 7.90. The summed E-state index contributed by atoms with van der Waals surface area (Å²) in [5.74, 6) is 2.15. The lowest BCUT2D eigenvalue weighted by Crippen LogP contribution is -2.63. The molecule has 2 atom stereocenters. The van der Waals surface area contributed by atoms with E-state index >= 15 is 0 Å². The third kappa shape index (κ3) is 1.90. The molecule has 2 unspecified atom stereocenters. The van der Waals surface area contributed by atoms with Crippen LogP contribution in [0.2, 0.25) is 0 Å². The first-order valence-electron chi connectivity index (χ1n) is 7.22. The Labute approximate surface area is 105 Å². The van der Waals surface area contributed by atoms with Crippen LogP contribution < -0.4 is 5.32 Å². The number of amides is 1. The zero-order valence-corrected chi connectivity index (χ0v) is 11.4. The van der Waals surface area contributed by atoms with Crippen molar-refractivity contribution in [2.75, 3.05) is 0 Å². The third-order valence-corrected chi connectivity index (χ3v) is 5.27. The molecule has 2 heteroatoms. The van der Waals surface area contributed by atoms with Gasteiger partial charge in [-0.25, -0.2) is 0 Å². The number of nitrogens with one attached hydrogen (secondary N) is 1. The van der Waals surface area contributed by atoms with Gasteiger partial charge in [0, 0.05) is 11.5 Å². The maximum absolute atomic E-state index is 12.0. The minimum Gasteiger partial charge on any atom is -0.350 e. The van der Waals surface area contributed by atoms with Gasteiger partial charge in [-0.05, 0) is 55.8 Å². The van der Waals surface area contributed by atoms with Crippen LogP contribution in [0.15, 0.2) is 0 Å². The summed E-state index contributed by atoms with van der Waals surface area (Å²) in [5, 5.41) is 3.41. The molecule has 0 aromatic rings. The van der Waals surface area contributed by atoms with Crippen molar-refractivity contribution in [1.82, 2.24) is 5.32 Å². The Morgan fingerprint density at radius 3 is 2.24 bits per heavy atom. The second kappa shape index (κ2) is 3.49. The van der Waals surface area contributed by atoms with Crippen molar-refractivity contribution in [3.63, 3.8) is 0 Å². The van der Waals surface area contributed by atoms with Crippen molar-refractivity contribution in [1.29, 1.82) is 0 Å². The number of carbonyl (C=O) groups excluding carboxylic acids is 1. The van der Waals surface area contributed by atoms with Crippen LogP contribution in [0, 0.1) is 23.2 Å². The monoisotopic (exact) mass is 235 g/mol. The van der Waals surface area contributed by atoms with E-state index in [1.807, 2.05) is 13.8 Å². The largest absolute Gasteiger partial charge is 0.350 e. The number of hydrogen-bond acceptors (Lipinski definition) is 1. The van der Waals surface area contributed by atoms with E-state index in [0.717, 1.165) is 11.8 Å². The summed E-state index contributed by atoms with van der Waals surface area (Å²) >= 11 is 0. The van der Waals surface area contributed by atoms with Gasteiger partial charge < -0.3 is 5.32 Å². The molecule has 4 saturated carbocycles. The second-order valence-corrected chi connectivity index (χ2v) is 7.70. The van der Waals surface area contributed by atoms with E-state index in [2.05, 4.69) is 12.2 Å². The topological polar surface area (TPSA) is 29.1 Å². The van der Waals surface area contributed by atoms with Gasteiger partial charge in [0.1, 0.15) is 0 Å². The molecule has 17 heavy (non-hydrogen) atoms. The predicted molar refractivity (Wildman–Crippen MR) is 68.5 cm³/mol. The van der Waals surface area contributed by atoms with E-state index in [1.165, 1.54) is 38.5 Å². The summed E-state index contributed by atoms with van der Waals surface area (Å²) < 4.78 is 0. The fourth-order valence-corrected chi connectivity index (χ4v) is 5.27. The van der Waals surface area contributed by atoms with E-state index < -0.39 is 0 Å². The van der Waals surface area contributed by atoms with Crippen molar-refractivity contribution in [3.05, 3.63) is 0 Å². The lowest BCUT2D eigenvalue weighted by Gasteiger charge is -2.61. The van der Waals surface area contributed by atoms with Gasteiger partial charge in [-0.1, -0.05) is 20.8 Å². The highest BCUT2D eigenvalue weighted by Gasteiger charge is 2.56. The summed E-state index contributed by atoms with van der Waals surface area (Å²) in [7, 11) is 0. The predicted octanol–water partition coefficient (Wildman–Crippen LogP) is 3.12. The summed E-state index contributed by atoms with van der Waals surface area (Å²) in [5.41, 5.74) is 0.689. The summed E-state index contributed by atoms with van der Waals surface area (Å²) in [4.78, 5) is 12.0. The molecule has 0 aromatic heterocycles. The lowest BCUT2D eigenvalue weighted by atomic mass is 9.47. The average Bonchev–Trinajstić information content (AvgIpc) is 2.11. The standard InChI is InChI=1S/C15H25NO/c1-10(2)13(17)16-15-7-11-4-12(8-15)6-14(3,5-11)9-15/h10-12H,4-9H2,1-3H3,(H,16,17). The van der Waals surface area contributed by atoms with Crippen LogP contribution in [-0.4, -0.2) is 11.4 Å². The van der Waals surface area contributed by atoms with E-state index in [1.54, 1.807) is 0 Å². The van der Waals surface area contributed by atoms with Gasteiger partial charge >= 0.3 is 0 Å². The molecule has 0 spiro atoms. The van der Waals surface area contributed by atoms with Crippen LogP contribution in [0.4, 0.5) is 0 Å². The fraction of sp³-hybridized carbons (Fsp3) is 0.933. The molecule has 0 radical (unpaired) electrons. The molecular weight excluding hydrogens is 210 g/mol. The Morgan fingerprint density at radius 1 is 1.18 bits per heavy atom. The average molecular weight is 235 g/mol. The van der Waals surface area contributed by atoms with Gasteiger partial charge in [-0.3, -0.25) is 4.79 Å². The fourth-order valence-electron chi connectivity index (χ4n) is 5.27. The first-order valence-corrected chi connectivity index (χ1v) is 7.22. The molecule has 4 rings (SSSR count). The van der Waals surface area contributed by atoms with Crippen LogP contribution in [0.3, 0.4) is 0 Å². The van der Waals surface area contributed by atoms with Crippen LogP contribution in [-0.2, 0) is 4.79 Å². The summed E-state index contributed by atoms with van der Waals surface area (Å²) in [6, 6.07) is 0. The van der Waals surface area contributed by atoms with Gasteiger partial charge in [0.15, 0.2) is 0 Å². The Morgan fingerprint density at radius 2 is 1.76 bits per heavy atom. The van der Waals surface area contributed by atoms with Gasteiger partial charge in [0.05, 0.1) is 0 Å². The van der Waals surface area contributed by atoms with Gasteiger partial charge in [0.25, 0.3) is 0 Å². The second-order valence-electron chi connectivity index (χ2n) is 7.70. The minimum absolute atomic E-state index is 0.121. The summed E-state index contributed by atoms with van der Waals surface area (Å²) in [6.07, 6.45) is 7.96. The lowest BCUT2D eigenvalue weighted by molar-refractivity contribution is -0.133. The molecule has 0 heterocycles. The first kappa shape index (κ1) is 11.6. The highest BCUT2D eigenvalue weighted by molar-refractivity contribution is 5.78. The molecule has 2 nitrogen and oxygen atoms in total. The van der Waals surface area contributed by atoms with E-state index in [9.17, 15) is 4.79 Å². The Balaban J connectivity index is 1.81. The molecule has 4 fully saturated rings. The van der Waals surface area contributed by atoms with Crippen molar-refractivity contribution in [2.24, 2.45) is 23.2 Å². The molecule has 1 N–H and O–H groups in total.